The van der Waals surface area contributed by atoms with E-state index in [1.165, 1.54) is 5.56 Å². The van der Waals surface area contributed by atoms with Crippen molar-refractivity contribution in [2.45, 2.75) is 33.1 Å². The first kappa shape index (κ1) is 22.0. The van der Waals surface area contributed by atoms with Gasteiger partial charge in [0.05, 0.1) is 0 Å². The van der Waals surface area contributed by atoms with E-state index in [0.717, 1.165) is 56.7 Å². The third kappa shape index (κ3) is 6.21. The summed E-state index contributed by atoms with van der Waals surface area (Å²) < 4.78 is 0. The highest BCUT2D eigenvalue weighted by Crippen LogP contribution is 2.25. The number of halogens is 2. The van der Waals surface area contributed by atoms with E-state index in [4.69, 9.17) is 0 Å². The SMILES string of the molecule is CCCN(CC)CCNC(=O)c1cccc2c1CCCN2.Cl.Cl. The lowest BCUT2D eigenvalue weighted by Gasteiger charge is -2.22. The summed E-state index contributed by atoms with van der Waals surface area (Å²) in [5.74, 6) is 0.0584. The quantitative estimate of drug-likeness (QED) is 0.782. The van der Waals surface area contributed by atoms with E-state index in [9.17, 15) is 4.79 Å². The summed E-state index contributed by atoms with van der Waals surface area (Å²) in [4.78, 5) is 14.8. The number of carbonyl (C=O) groups excluding carboxylic acids is 1. The van der Waals surface area contributed by atoms with Gasteiger partial charge in [-0.15, -0.1) is 24.8 Å². The van der Waals surface area contributed by atoms with Crippen molar-refractivity contribution in [3.05, 3.63) is 29.3 Å². The van der Waals surface area contributed by atoms with Gasteiger partial charge in [-0.3, -0.25) is 4.79 Å². The van der Waals surface area contributed by atoms with Crippen LogP contribution < -0.4 is 10.6 Å². The molecule has 23 heavy (non-hydrogen) atoms. The molecule has 0 spiro atoms. The molecule has 6 heteroatoms. The lowest BCUT2D eigenvalue weighted by molar-refractivity contribution is 0.0947. The highest BCUT2D eigenvalue weighted by molar-refractivity contribution is 5.97. The summed E-state index contributed by atoms with van der Waals surface area (Å²) in [7, 11) is 0. The molecule has 0 atom stereocenters. The van der Waals surface area contributed by atoms with Crippen molar-refractivity contribution in [2.24, 2.45) is 0 Å². The van der Waals surface area contributed by atoms with Crippen molar-refractivity contribution < 1.29 is 4.79 Å². The molecule has 1 amide bonds. The first-order valence-electron chi connectivity index (χ1n) is 8.12. The van der Waals surface area contributed by atoms with Crippen LogP contribution in [0.2, 0.25) is 0 Å². The summed E-state index contributed by atoms with van der Waals surface area (Å²) in [5.41, 5.74) is 3.12. The van der Waals surface area contributed by atoms with Gasteiger partial charge in [-0.1, -0.05) is 19.9 Å². The number of carbonyl (C=O) groups is 1. The maximum Gasteiger partial charge on any atom is 0.251 e. The minimum atomic E-state index is 0. The Morgan fingerprint density at radius 2 is 2.04 bits per heavy atom. The summed E-state index contributed by atoms with van der Waals surface area (Å²) in [5, 5.41) is 6.43. The predicted molar refractivity (Wildman–Crippen MR) is 102 cm³/mol. The zero-order chi connectivity index (χ0) is 15.1. The zero-order valence-electron chi connectivity index (χ0n) is 14.1. The normalized spacial score (nSPS) is 12.5. The maximum atomic E-state index is 12.4. The number of likely N-dealkylation sites (N-methyl/N-ethyl adjacent to an activating group) is 1. The molecule has 2 N–H and O–H groups in total. The molecule has 1 aliphatic heterocycles. The van der Waals surface area contributed by atoms with Crippen LogP contribution >= 0.6 is 24.8 Å². The number of fused-ring (bicyclic) bond motifs is 1. The number of nitrogens with one attached hydrogen (secondary N) is 2. The first-order valence-corrected chi connectivity index (χ1v) is 8.12. The molecule has 4 nitrogen and oxygen atoms in total. The third-order valence-corrected chi connectivity index (χ3v) is 4.04. The Morgan fingerprint density at radius 3 is 2.74 bits per heavy atom. The molecule has 132 valence electrons. The smallest absolute Gasteiger partial charge is 0.251 e. The Balaban J connectivity index is 0.00000242. The molecule has 0 aromatic heterocycles. The molecule has 1 aromatic carbocycles. The van der Waals surface area contributed by atoms with Crippen LogP contribution in [0, 0.1) is 0 Å². The summed E-state index contributed by atoms with van der Waals surface area (Å²) >= 11 is 0. The average Bonchev–Trinajstić information content (AvgIpc) is 2.53. The van der Waals surface area contributed by atoms with Crippen LogP contribution in [0.25, 0.3) is 0 Å². The van der Waals surface area contributed by atoms with E-state index in [2.05, 4.69) is 35.4 Å². The topological polar surface area (TPSA) is 44.4 Å². The Kier molecular flexibility index (Phi) is 11.1. The molecule has 0 fully saturated rings. The molecule has 0 saturated heterocycles. The summed E-state index contributed by atoms with van der Waals surface area (Å²) in [6, 6.07) is 5.96. The maximum absolute atomic E-state index is 12.4. The molecule has 2 rings (SSSR count). The number of rotatable bonds is 7. The van der Waals surface area contributed by atoms with E-state index in [1.807, 2.05) is 12.1 Å². The van der Waals surface area contributed by atoms with Crippen LogP contribution in [0.5, 0.6) is 0 Å². The highest BCUT2D eigenvalue weighted by Gasteiger charge is 2.17. The Labute approximate surface area is 152 Å². The standard InChI is InChI=1S/C17H27N3O.2ClH/c1-3-12-20(4-2)13-11-19-17(21)15-7-5-9-16-14(15)8-6-10-18-16;;/h5,7,9,18H,3-4,6,8,10-13H2,1-2H3,(H,19,21);2*1H. The van der Waals surface area contributed by atoms with Gasteiger partial charge < -0.3 is 15.5 Å². The molecular formula is C17H29Cl2N3O. The third-order valence-electron chi connectivity index (χ3n) is 4.04. The van der Waals surface area contributed by atoms with Gasteiger partial charge in [0.1, 0.15) is 0 Å². The Bertz CT molecular complexity index is 483. The average molecular weight is 362 g/mol. The van der Waals surface area contributed by atoms with Crippen LogP contribution in [0.3, 0.4) is 0 Å². The molecule has 1 aliphatic rings. The van der Waals surface area contributed by atoms with E-state index < -0.39 is 0 Å². The molecule has 0 bridgehead atoms. The van der Waals surface area contributed by atoms with Gasteiger partial charge in [-0.25, -0.2) is 0 Å². The van der Waals surface area contributed by atoms with Crippen LogP contribution in [0.15, 0.2) is 18.2 Å². The van der Waals surface area contributed by atoms with Gasteiger partial charge >= 0.3 is 0 Å². The first-order chi connectivity index (χ1) is 10.3. The van der Waals surface area contributed by atoms with Crippen molar-refractivity contribution in [3.63, 3.8) is 0 Å². The van der Waals surface area contributed by atoms with E-state index >= 15 is 0 Å². The van der Waals surface area contributed by atoms with Gasteiger partial charge in [0, 0.05) is 30.9 Å². The summed E-state index contributed by atoms with van der Waals surface area (Å²) in [6.07, 6.45) is 3.24. The lowest BCUT2D eigenvalue weighted by atomic mass is 9.97. The van der Waals surface area contributed by atoms with E-state index in [-0.39, 0.29) is 30.7 Å². The van der Waals surface area contributed by atoms with Gasteiger partial charge in [-0.2, -0.15) is 0 Å². The molecule has 1 aromatic rings. The van der Waals surface area contributed by atoms with E-state index in [1.54, 1.807) is 0 Å². The number of benzene rings is 1. The number of hydrogen-bond acceptors (Lipinski definition) is 3. The minimum absolute atomic E-state index is 0. The van der Waals surface area contributed by atoms with Crippen molar-refractivity contribution in [1.82, 2.24) is 10.2 Å². The second-order valence-corrected chi connectivity index (χ2v) is 5.55. The minimum Gasteiger partial charge on any atom is -0.385 e. The zero-order valence-corrected chi connectivity index (χ0v) is 15.7. The second kappa shape index (κ2) is 11.5. The van der Waals surface area contributed by atoms with Crippen molar-refractivity contribution in [2.75, 3.05) is 38.0 Å². The van der Waals surface area contributed by atoms with Gasteiger partial charge in [-0.05, 0) is 50.0 Å². The van der Waals surface area contributed by atoms with Crippen LogP contribution in [0.1, 0.15) is 42.6 Å². The molecule has 0 aliphatic carbocycles. The fourth-order valence-electron chi connectivity index (χ4n) is 2.89. The number of nitrogens with zero attached hydrogens (tertiary/aromatic N) is 1. The number of hydrogen-bond donors (Lipinski definition) is 2. The monoisotopic (exact) mass is 361 g/mol. The Hall–Kier alpha value is -0.970. The predicted octanol–water partition coefficient (Wildman–Crippen LogP) is 3.35. The van der Waals surface area contributed by atoms with Gasteiger partial charge in [0.15, 0.2) is 0 Å². The lowest BCUT2D eigenvalue weighted by Crippen LogP contribution is -2.35. The van der Waals surface area contributed by atoms with Crippen LogP contribution in [-0.4, -0.2) is 43.5 Å². The van der Waals surface area contributed by atoms with Gasteiger partial charge in [0.2, 0.25) is 0 Å². The van der Waals surface area contributed by atoms with Crippen molar-refractivity contribution in [3.8, 4) is 0 Å². The number of amides is 1. The largest absolute Gasteiger partial charge is 0.385 e. The molecule has 0 saturated carbocycles. The van der Waals surface area contributed by atoms with Crippen molar-refractivity contribution >= 4 is 36.4 Å². The van der Waals surface area contributed by atoms with Crippen LogP contribution in [0.4, 0.5) is 5.69 Å². The molecular weight excluding hydrogens is 333 g/mol. The second-order valence-electron chi connectivity index (χ2n) is 5.55. The van der Waals surface area contributed by atoms with Crippen LogP contribution in [-0.2, 0) is 6.42 Å². The fourth-order valence-corrected chi connectivity index (χ4v) is 2.89. The fraction of sp³-hybridized carbons (Fsp3) is 0.588. The van der Waals surface area contributed by atoms with E-state index in [0.29, 0.717) is 6.54 Å². The molecule has 0 unspecified atom stereocenters. The number of anilines is 1. The molecule has 1 heterocycles. The van der Waals surface area contributed by atoms with Gasteiger partial charge in [0.25, 0.3) is 5.91 Å². The van der Waals surface area contributed by atoms with Crippen molar-refractivity contribution in [1.29, 1.82) is 0 Å². The molecule has 0 radical (unpaired) electrons. The summed E-state index contributed by atoms with van der Waals surface area (Å²) in [6.45, 7) is 9.11. The Morgan fingerprint density at radius 1 is 1.26 bits per heavy atom. The highest BCUT2D eigenvalue weighted by atomic mass is 35.5.